The summed E-state index contributed by atoms with van der Waals surface area (Å²) in [6.07, 6.45) is 0.565. The Morgan fingerprint density at radius 2 is 1.36 bits per heavy atom. The number of aliphatic carboxylic acids is 2. The van der Waals surface area contributed by atoms with Gasteiger partial charge in [0.2, 0.25) is 11.8 Å². The topological polar surface area (TPSA) is 229 Å². The number of hydrogen-bond donors (Lipinski definition) is 7. The third-order valence-electron chi connectivity index (χ3n) is 6.83. The molecule has 0 aliphatic carbocycles. The molecule has 0 fully saturated rings. The number of non-ortho nitro benzene ring substituents is 1. The normalized spacial score (nSPS) is 13.1. The predicted molar refractivity (Wildman–Crippen MR) is 175 cm³/mol. The molecule has 7 N–H and O–H groups in total. The molecule has 0 aliphatic heterocycles. The first-order chi connectivity index (χ1) is 21.9. The van der Waals surface area contributed by atoms with Crippen LogP contribution in [0.4, 0.5) is 21.9 Å². The van der Waals surface area contributed by atoms with Crippen molar-refractivity contribution in [2.45, 2.75) is 71.9 Å². The highest BCUT2D eigenvalue weighted by Crippen LogP contribution is 2.26. The van der Waals surface area contributed by atoms with Gasteiger partial charge in [-0.1, -0.05) is 46.8 Å². The molecule has 2 aromatic carbocycles. The van der Waals surface area contributed by atoms with E-state index in [2.05, 4.69) is 26.6 Å². The number of benzene rings is 2. The minimum atomic E-state index is -1.31. The number of carboxylic acid groups (broad SMARTS) is 2. The zero-order valence-electron chi connectivity index (χ0n) is 27.2. The lowest BCUT2D eigenvalue weighted by atomic mass is 9.89. The van der Waals surface area contributed by atoms with Crippen molar-refractivity contribution in [3.63, 3.8) is 0 Å². The van der Waals surface area contributed by atoms with Gasteiger partial charge in [-0.3, -0.25) is 19.7 Å². The number of carbonyl (C=O) groups excluding carboxylic acids is 3. The van der Waals surface area contributed by atoms with Gasteiger partial charge >= 0.3 is 18.0 Å². The van der Waals surface area contributed by atoms with Crippen molar-refractivity contribution < 1.29 is 39.1 Å². The number of nitro benzene ring substituents is 1. The molecule has 0 aromatic heterocycles. The van der Waals surface area contributed by atoms with Crippen LogP contribution in [0.1, 0.15) is 65.4 Å². The molecule has 0 spiro atoms. The number of anilines is 2. The van der Waals surface area contributed by atoms with Crippen LogP contribution in [0.3, 0.4) is 0 Å². The van der Waals surface area contributed by atoms with E-state index in [1.165, 1.54) is 24.3 Å². The van der Waals surface area contributed by atoms with Gasteiger partial charge in [0.25, 0.3) is 5.69 Å². The van der Waals surface area contributed by atoms with Crippen LogP contribution in [-0.2, 0) is 19.2 Å². The molecule has 15 nitrogen and oxygen atoms in total. The van der Waals surface area contributed by atoms with Crippen molar-refractivity contribution in [2.24, 2.45) is 11.3 Å². The molecule has 0 heterocycles. The zero-order valence-corrected chi connectivity index (χ0v) is 27.2. The Kier molecular flexibility index (Phi) is 14.3. The highest BCUT2D eigenvalue weighted by atomic mass is 16.6. The number of nitro groups is 1. The molecule has 3 atom stereocenters. The van der Waals surface area contributed by atoms with E-state index in [0.29, 0.717) is 23.4 Å². The minimum absolute atomic E-state index is 0.00770. The molecule has 3 unspecified atom stereocenters. The van der Waals surface area contributed by atoms with E-state index in [4.69, 9.17) is 0 Å². The van der Waals surface area contributed by atoms with Gasteiger partial charge in [-0.25, -0.2) is 14.4 Å². The quantitative estimate of drug-likeness (QED) is 0.0737. The Labute approximate surface area is 273 Å². The second-order valence-electron chi connectivity index (χ2n) is 12.8. The number of carbonyl (C=O) groups is 5. The van der Waals surface area contributed by atoms with Crippen molar-refractivity contribution >= 4 is 46.8 Å². The monoisotopic (exact) mass is 656 g/mol. The maximum atomic E-state index is 13.3. The molecule has 0 saturated carbocycles. The Balaban J connectivity index is 1.99. The summed E-state index contributed by atoms with van der Waals surface area (Å²) in [5.74, 6) is -4.01. The van der Waals surface area contributed by atoms with E-state index in [1.807, 2.05) is 34.6 Å². The number of carboxylic acids is 2. The average Bonchev–Trinajstić information content (AvgIpc) is 2.96. The average molecular weight is 657 g/mol. The van der Waals surface area contributed by atoms with Gasteiger partial charge in [0, 0.05) is 36.5 Å². The molecule has 0 bridgehead atoms. The third-order valence-corrected chi connectivity index (χ3v) is 6.83. The Morgan fingerprint density at radius 1 is 0.830 bits per heavy atom. The maximum absolute atomic E-state index is 13.3. The summed E-state index contributed by atoms with van der Waals surface area (Å²) in [6.45, 7) is 9.33. The Hall–Kier alpha value is -5.05. The van der Waals surface area contributed by atoms with Crippen LogP contribution in [0.25, 0.3) is 0 Å². The van der Waals surface area contributed by atoms with Crippen molar-refractivity contribution in [1.82, 2.24) is 16.0 Å². The third kappa shape index (κ3) is 13.9. The highest BCUT2D eigenvalue weighted by molar-refractivity contribution is 5.99. The van der Waals surface area contributed by atoms with E-state index in [1.54, 1.807) is 24.3 Å². The van der Waals surface area contributed by atoms with Gasteiger partial charge in [-0.05, 0) is 60.5 Å². The van der Waals surface area contributed by atoms with E-state index < -0.39 is 52.7 Å². The lowest BCUT2D eigenvalue weighted by Gasteiger charge is -2.23. The lowest BCUT2D eigenvalue weighted by molar-refractivity contribution is -0.384. The summed E-state index contributed by atoms with van der Waals surface area (Å²) < 4.78 is 0. The largest absolute Gasteiger partial charge is 0.480 e. The molecule has 2 aromatic rings. The maximum Gasteiger partial charge on any atom is 0.327 e. The van der Waals surface area contributed by atoms with E-state index in [9.17, 15) is 44.3 Å². The molecule has 0 saturated heterocycles. The molecular weight excluding hydrogens is 612 g/mol. The molecule has 47 heavy (non-hydrogen) atoms. The first-order valence-electron chi connectivity index (χ1n) is 15.1. The van der Waals surface area contributed by atoms with Crippen molar-refractivity contribution in [3.8, 4) is 0 Å². The summed E-state index contributed by atoms with van der Waals surface area (Å²) in [6, 6.07) is 8.79. The van der Waals surface area contributed by atoms with Crippen LogP contribution in [-0.4, -0.2) is 70.1 Å². The van der Waals surface area contributed by atoms with E-state index in [-0.39, 0.29) is 43.0 Å². The van der Waals surface area contributed by atoms with Crippen molar-refractivity contribution in [3.05, 3.63) is 64.2 Å². The lowest BCUT2D eigenvalue weighted by Crippen LogP contribution is -2.49. The fourth-order valence-corrected chi connectivity index (χ4v) is 4.57. The summed E-state index contributed by atoms with van der Waals surface area (Å²) in [4.78, 5) is 71.8. The number of amides is 4. The number of rotatable bonds is 17. The zero-order chi connectivity index (χ0) is 35.3. The summed E-state index contributed by atoms with van der Waals surface area (Å²) in [7, 11) is 0. The smallest absolute Gasteiger partial charge is 0.327 e. The van der Waals surface area contributed by atoms with Crippen LogP contribution in [0, 0.1) is 21.4 Å². The van der Waals surface area contributed by atoms with Gasteiger partial charge in [0.05, 0.1) is 10.8 Å². The predicted octanol–water partition coefficient (Wildman–Crippen LogP) is 3.92. The minimum Gasteiger partial charge on any atom is -0.480 e. The Bertz CT molecular complexity index is 1410. The number of urea groups is 1. The SMILES string of the molecule is CC(C)CC(C(=O)NC(CNCCC(NC(=O)CC(C)(C)C)C(=O)O)C(=O)O)c1ccc(NC(=O)Nc2ccc([N+](=O)[O-])cc2)cc1. The van der Waals surface area contributed by atoms with Crippen LogP contribution >= 0.6 is 0 Å². The van der Waals surface area contributed by atoms with Crippen molar-refractivity contribution in [1.29, 1.82) is 0 Å². The van der Waals surface area contributed by atoms with Gasteiger partial charge < -0.3 is 36.8 Å². The molecule has 2 rings (SSSR count). The second-order valence-corrected chi connectivity index (χ2v) is 12.8. The van der Waals surface area contributed by atoms with Crippen molar-refractivity contribution in [2.75, 3.05) is 23.7 Å². The molecule has 15 heteroatoms. The standard InChI is InChI=1S/C32H44N6O9/c1-19(2)16-24(20-6-8-21(9-7-20)34-31(45)35-22-10-12-23(13-11-22)38(46)47)28(40)37-26(30(43)44)18-33-15-14-25(29(41)42)36-27(39)17-32(3,4)5/h6-13,19,24-26,33H,14-18H2,1-5H3,(H,36,39)(H,37,40)(H,41,42)(H,43,44)(H2,34,35,45). The fourth-order valence-electron chi connectivity index (χ4n) is 4.57. The highest BCUT2D eigenvalue weighted by Gasteiger charge is 2.28. The van der Waals surface area contributed by atoms with Gasteiger partial charge in [-0.2, -0.15) is 0 Å². The summed E-state index contributed by atoms with van der Waals surface area (Å²) >= 11 is 0. The molecule has 256 valence electrons. The molecule has 0 radical (unpaired) electrons. The van der Waals surface area contributed by atoms with Gasteiger partial charge in [0.1, 0.15) is 12.1 Å². The first-order valence-corrected chi connectivity index (χ1v) is 15.1. The first kappa shape index (κ1) is 38.1. The molecule has 4 amide bonds. The number of nitrogens with zero attached hydrogens (tertiary/aromatic N) is 1. The van der Waals surface area contributed by atoms with Crippen LogP contribution in [0.5, 0.6) is 0 Å². The summed E-state index contributed by atoms with van der Waals surface area (Å²) in [5.41, 5.74) is 0.939. The van der Waals surface area contributed by atoms with E-state index >= 15 is 0 Å². The van der Waals surface area contributed by atoms with Crippen LogP contribution in [0.2, 0.25) is 0 Å². The van der Waals surface area contributed by atoms with Gasteiger partial charge in [0.15, 0.2) is 0 Å². The van der Waals surface area contributed by atoms with Crippen LogP contribution in [0.15, 0.2) is 48.5 Å². The Morgan fingerprint density at radius 3 is 1.83 bits per heavy atom. The summed E-state index contributed by atoms with van der Waals surface area (Å²) in [5, 5.41) is 43.2. The number of nitrogens with one attached hydrogen (secondary N) is 5. The number of hydrogen-bond acceptors (Lipinski definition) is 8. The second kappa shape index (κ2) is 17.6. The molecular formula is C32H44N6O9. The fraction of sp³-hybridized carbons (Fsp3) is 0.469. The van der Waals surface area contributed by atoms with E-state index in [0.717, 1.165) is 0 Å². The molecule has 0 aliphatic rings. The van der Waals surface area contributed by atoms with Crippen LogP contribution < -0.4 is 26.6 Å². The van der Waals surface area contributed by atoms with Gasteiger partial charge in [-0.15, -0.1) is 0 Å².